The van der Waals surface area contributed by atoms with E-state index < -0.39 is 0 Å². The van der Waals surface area contributed by atoms with Crippen molar-refractivity contribution in [3.8, 4) is 12.3 Å². The average Bonchev–Trinajstić information content (AvgIpc) is 2.82. The Hall–Kier alpha value is -2.21. The van der Waals surface area contributed by atoms with Crippen molar-refractivity contribution in [1.82, 2.24) is 5.32 Å². The van der Waals surface area contributed by atoms with E-state index in [0.29, 0.717) is 12.3 Å². The zero-order valence-electron chi connectivity index (χ0n) is 10.1. The Morgan fingerprint density at radius 1 is 1.33 bits per heavy atom. The minimum absolute atomic E-state index is 0.174. The molecule has 0 radical (unpaired) electrons. The molecule has 0 aliphatic carbocycles. The number of nitrogens with one attached hydrogen (secondary N) is 1. The highest BCUT2D eigenvalue weighted by Crippen LogP contribution is 2.18. The zero-order chi connectivity index (χ0) is 12.8. The molecule has 1 heterocycles. The summed E-state index contributed by atoms with van der Waals surface area (Å²) in [6.45, 7) is 0.623. The Morgan fingerprint density at radius 3 is 2.94 bits per heavy atom. The third kappa shape index (κ3) is 2.92. The Kier molecular flexibility index (Phi) is 4.03. The molecule has 0 fully saturated rings. The molecule has 2 rings (SSSR count). The number of amides is 1. The van der Waals surface area contributed by atoms with E-state index in [4.69, 9.17) is 10.8 Å². The number of para-hydroxylation sites is 1. The van der Waals surface area contributed by atoms with Gasteiger partial charge in [0.15, 0.2) is 5.76 Å². The Balaban J connectivity index is 1.91. The highest BCUT2D eigenvalue weighted by atomic mass is 16.3. The van der Waals surface area contributed by atoms with Crippen LogP contribution in [-0.2, 0) is 0 Å². The standard InChI is InChI=1S/C15H15NO2/c1-2-3-4-7-10-16-15(17)14-11-12-8-5-6-9-13(12)18-14/h1,5-6,8-9,11H,3-4,7,10H2,(H,16,17). The number of hydrogen-bond donors (Lipinski definition) is 1. The lowest BCUT2D eigenvalue weighted by molar-refractivity contribution is 0.0927. The lowest BCUT2D eigenvalue weighted by Crippen LogP contribution is -2.23. The van der Waals surface area contributed by atoms with Crippen LogP contribution in [0.15, 0.2) is 34.7 Å². The summed E-state index contributed by atoms with van der Waals surface area (Å²) in [6.07, 6.45) is 7.72. The highest BCUT2D eigenvalue weighted by Gasteiger charge is 2.10. The van der Waals surface area contributed by atoms with Crippen molar-refractivity contribution in [3.63, 3.8) is 0 Å². The van der Waals surface area contributed by atoms with E-state index in [2.05, 4.69) is 11.2 Å². The SMILES string of the molecule is C#CCCCCNC(=O)c1cc2ccccc2o1. The molecule has 0 unspecified atom stereocenters. The molecule has 2 aromatic rings. The number of fused-ring (bicyclic) bond motifs is 1. The summed E-state index contributed by atoms with van der Waals surface area (Å²) in [5.41, 5.74) is 0.731. The van der Waals surface area contributed by atoms with Crippen LogP contribution in [-0.4, -0.2) is 12.5 Å². The monoisotopic (exact) mass is 241 g/mol. The Bertz CT molecular complexity index is 544. The largest absolute Gasteiger partial charge is 0.451 e. The van der Waals surface area contributed by atoms with Crippen LogP contribution in [0.1, 0.15) is 29.8 Å². The first kappa shape index (κ1) is 12.3. The predicted molar refractivity (Wildman–Crippen MR) is 71.2 cm³/mol. The molecule has 1 aromatic heterocycles. The maximum absolute atomic E-state index is 11.8. The van der Waals surface area contributed by atoms with Crippen LogP contribution in [0.25, 0.3) is 11.0 Å². The minimum atomic E-state index is -0.174. The predicted octanol–water partition coefficient (Wildman–Crippen LogP) is 2.97. The van der Waals surface area contributed by atoms with Crippen molar-refractivity contribution >= 4 is 16.9 Å². The van der Waals surface area contributed by atoms with Gasteiger partial charge in [0.1, 0.15) is 5.58 Å². The van der Waals surface area contributed by atoms with Crippen LogP contribution in [0.2, 0.25) is 0 Å². The summed E-state index contributed by atoms with van der Waals surface area (Å²) in [6, 6.07) is 9.32. The summed E-state index contributed by atoms with van der Waals surface area (Å²) in [5.74, 6) is 2.75. The quantitative estimate of drug-likeness (QED) is 0.646. The molecule has 92 valence electrons. The summed E-state index contributed by atoms with van der Waals surface area (Å²) in [4.78, 5) is 11.8. The number of rotatable bonds is 5. The number of hydrogen-bond acceptors (Lipinski definition) is 2. The fourth-order valence-corrected chi connectivity index (χ4v) is 1.73. The fraction of sp³-hybridized carbons (Fsp3) is 0.267. The van der Waals surface area contributed by atoms with E-state index >= 15 is 0 Å². The van der Waals surface area contributed by atoms with Gasteiger partial charge in [-0.3, -0.25) is 4.79 Å². The van der Waals surface area contributed by atoms with Gasteiger partial charge in [0.2, 0.25) is 0 Å². The molecule has 18 heavy (non-hydrogen) atoms. The van der Waals surface area contributed by atoms with E-state index in [0.717, 1.165) is 30.2 Å². The van der Waals surface area contributed by atoms with Gasteiger partial charge in [-0.05, 0) is 25.0 Å². The molecular formula is C15H15NO2. The van der Waals surface area contributed by atoms with Gasteiger partial charge in [-0.1, -0.05) is 18.2 Å². The van der Waals surface area contributed by atoms with Crippen molar-refractivity contribution in [2.75, 3.05) is 6.54 Å². The molecule has 0 spiro atoms. The van der Waals surface area contributed by atoms with Crippen LogP contribution in [0.3, 0.4) is 0 Å². The maximum Gasteiger partial charge on any atom is 0.287 e. The van der Waals surface area contributed by atoms with E-state index in [-0.39, 0.29) is 5.91 Å². The lowest BCUT2D eigenvalue weighted by atomic mass is 10.2. The normalized spacial score (nSPS) is 10.2. The van der Waals surface area contributed by atoms with Gasteiger partial charge in [-0.15, -0.1) is 12.3 Å². The van der Waals surface area contributed by atoms with Crippen molar-refractivity contribution in [2.45, 2.75) is 19.3 Å². The highest BCUT2D eigenvalue weighted by molar-refractivity contribution is 5.95. The zero-order valence-corrected chi connectivity index (χ0v) is 10.1. The number of carbonyl (C=O) groups is 1. The fourth-order valence-electron chi connectivity index (χ4n) is 1.73. The summed E-state index contributed by atoms with van der Waals surface area (Å²) < 4.78 is 5.46. The molecule has 0 aliphatic heterocycles. The number of benzene rings is 1. The Labute approximate surface area is 106 Å². The molecule has 1 amide bonds. The number of carbonyl (C=O) groups excluding carboxylic acids is 1. The van der Waals surface area contributed by atoms with Crippen molar-refractivity contribution in [2.24, 2.45) is 0 Å². The van der Waals surface area contributed by atoms with Crippen molar-refractivity contribution in [3.05, 3.63) is 36.1 Å². The molecule has 1 aromatic carbocycles. The van der Waals surface area contributed by atoms with Crippen LogP contribution in [0.4, 0.5) is 0 Å². The first-order valence-corrected chi connectivity index (χ1v) is 6.01. The second-order valence-corrected chi connectivity index (χ2v) is 4.07. The van der Waals surface area contributed by atoms with Gasteiger partial charge >= 0.3 is 0 Å². The van der Waals surface area contributed by atoms with Gasteiger partial charge in [-0.25, -0.2) is 0 Å². The van der Waals surface area contributed by atoms with Crippen LogP contribution in [0.5, 0.6) is 0 Å². The van der Waals surface area contributed by atoms with E-state index in [9.17, 15) is 4.79 Å². The molecule has 0 atom stereocenters. The third-order valence-corrected chi connectivity index (χ3v) is 2.68. The van der Waals surface area contributed by atoms with E-state index in [1.807, 2.05) is 24.3 Å². The third-order valence-electron chi connectivity index (χ3n) is 2.68. The van der Waals surface area contributed by atoms with Crippen molar-refractivity contribution < 1.29 is 9.21 Å². The second kappa shape index (κ2) is 5.92. The van der Waals surface area contributed by atoms with Crippen LogP contribution < -0.4 is 5.32 Å². The van der Waals surface area contributed by atoms with E-state index in [1.54, 1.807) is 6.07 Å². The first-order valence-electron chi connectivity index (χ1n) is 6.01. The smallest absolute Gasteiger partial charge is 0.287 e. The topological polar surface area (TPSA) is 42.2 Å². The lowest BCUT2D eigenvalue weighted by Gasteiger charge is -2.01. The number of furan rings is 1. The minimum Gasteiger partial charge on any atom is -0.451 e. The van der Waals surface area contributed by atoms with Gasteiger partial charge in [0.25, 0.3) is 5.91 Å². The number of unbranched alkanes of at least 4 members (excludes halogenated alkanes) is 2. The molecule has 3 nitrogen and oxygen atoms in total. The molecule has 3 heteroatoms. The van der Waals surface area contributed by atoms with Gasteiger partial charge in [-0.2, -0.15) is 0 Å². The molecular weight excluding hydrogens is 226 g/mol. The van der Waals surface area contributed by atoms with E-state index in [1.165, 1.54) is 0 Å². The summed E-state index contributed by atoms with van der Waals surface area (Å²) >= 11 is 0. The Morgan fingerprint density at radius 2 is 2.17 bits per heavy atom. The molecule has 0 aliphatic rings. The number of terminal acetylenes is 1. The molecule has 0 saturated heterocycles. The van der Waals surface area contributed by atoms with Crippen LogP contribution >= 0.6 is 0 Å². The maximum atomic E-state index is 11.8. The second-order valence-electron chi connectivity index (χ2n) is 4.07. The van der Waals surface area contributed by atoms with Gasteiger partial charge in [0.05, 0.1) is 0 Å². The summed E-state index contributed by atoms with van der Waals surface area (Å²) in [7, 11) is 0. The van der Waals surface area contributed by atoms with Crippen molar-refractivity contribution in [1.29, 1.82) is 0 Å². The van der Waals surface area contributed by atoms with Gasteiger partial charge in [0, 0.05) is 18.4 Å². The molecule has 0 bridgehead atoms. The average molecular weight is 241 g/mol. The molecule has 0 saturated carbocycles. The molecule has 1 N–H and O–H groups in total. The van der Waals surface area contributed by atoms with Gasteiger partial charge < -0.3 is 9.73 Å². The first-order chi connectivity index (χ1) is 8.81. The summed E-state index contributed by atoms with van der Waals surface area (Å²) in [5, 5.41) is 3.76. The van der Waals surface area contributed by atoms with Crippen LogP contribution in [0, 0.1) is 12.3 Å².